The van der Waals surface area contributed by atoms with E-state index >= 15 is 0 Å². The molecule has 1 aromatic heterocycles. The van der Waals surface area contributed by atoms with Crippen LogP contribution in [0.25, 0.3) is 0 Å². The molecule has 0 aliphatic carbocycles. The number of carbonyl (C=O) groups excluding carboxylic acids is 1. The molecule has 0 spiro atoms. The summed E-state index contributed by atoms with van der Waals surface area (Å²) in [6, 6.07) is 1.92. The average Bonchev–Trinajstić information content (AvgIpc) is 2.32. The van der Waals surface area contributed by atoms with Crippen LogP contribution in [0.2, 0.25) is 0 Å². The Morgan fingerprint density at radius 3 is 2.48 bits per heavy atom. The lowest BCUT2D eigenvalue weighted by Gasteiger charge is -2.19. The molecular formula is C16H27N3O2. The summed E-state index contributed by atoms with van der Waals surface area (Å²) < 4.78 is 5.18. The summed E-state index contributed by atoms with van der Waals surface area (Å²) in [5.74, 6) is 0.847. The van der Waals surface area contributed by atoms with E-state index < -0.39 is 5.60 Å². The van der Waals surface area contributed by atoms with E-state index in [0.717, 1.165) is 24.4 Å². The van der Waals surface area contributed by atoms with Crippen molar-refractivity contribution >= 4 is 6.09 Å². The van der Waals surface area contributed by atoms with Crippen molar-refractivity contribution in [3.05, 3.63) is 23.8 Å². The lowest BCUT2D eigenvalue weighted by atomic mass is 9.95. The predicted molar refractivity (Wildman–Crippen MR) is 83.3 cm³/mol. The Balaban J connectivity index is 2.38. The van der Waals surface area contributed by atoms with Crippen LogP contribution in [0.5, 0.6) is 0 Å². The molecule has 0 saturated carbocycles. The molecule has 1 amide bonds. The van der Waals surface area contributed by atoms with Crippen molar-refractivity contribution in [2.24, 2.45) is 0 Å². The van der Waals surface area contributed by atoms with Crippen LogP contribution < -0.4 is 5.32 Å². The van der Waals surface area contributed by atoms with Gasteiger partial charge in [-0.1, -0.05) is 20.8 Å². The third kappa shape index (κ3) is 7.06. The van der Waals surface area contributed by atoms with Crippen LogP contribution in [0.3, 0.4) is 0 Å². The van der Waals surface area contributed by atoms with Crippen molar-refractivity contribution in [3.63, 3.8) is 0 Å². The number of carbonyl (C=O) groups is 1. The van der Waals surface area contributed by atoms with Gasteiger partial charge in [0.2, 0.25) is 0 Å². The quantitative estimate of drug-likeness (QED) is 0.866. The first-order valence-corrected chi connectivity index (χ1v) is 7.37. The SMILES string of the molecule is CC(C)(C)OC(=O)NCCCc1ccnc(C(C)(C)C)n1. The van der Waals surface area contributed by atoms with Crippen LogP contribution in [0.15, 0.2) is 12.3 Å². The van der Waals surface area contributed by atoms with E-state index in [-0.39, 0.29) is 11.5 Å². The zero-order valence-corrected chi connectivity index (χ0v) is 14.0. The maximum atomic E-state index is 11.5. The number of nitrogens with zero attached hydrogens (tertiary/aromatic N) is 2. The van der Waals surface area contributed by atoms with Gasteiger partial charge in [0.05, 0.1) is 0 Å². The number of rotatable bonds is 4. The van der Waals surface area contributed by atoms with Crippen LogP contribution in [-0.4, -0.2) is 28.2 Å². The molecule has 0 aliphatic rings. The van der Waals surface area contributed by atoms with Crippen molar-refractivity contribution in [3.8, 4) is 0 Å². The fourth-order valence-corrected chi connectivity index (χ4v) is 1.67. The first-order chi connectivity index (χ1) is 9.58. The average molecular weight is 293 g/mol. The van der Waals surface area contributed by atoms with Crippen LogP contribution in [-0.2, 0) is 16.6 Å². The maximum Gasteiger partial charge on any atom is 0.407 e. The van der Waals surface area contributed by atoms with Crippen molar-refractivity contribution in [2.45, 2.75) is 65.4 Å². The van der Waals surface area contributed by atoms with Gasteiger partial charge in [0.15, 0.2) is 0 Å². The minimum atomic E-state index is -0.460. The van der Waals surface area contributed by atoms with Gasteiger partial charge in [-0.25, -0.2) is 14.8 Å². The summed E-state index contributed by atoms with van der Waals surface area (Å²) in [6.07, 6.45) is 3.05. The molecule has 1 N–H and O–H groups in total. The highest BCUT2D eigenvalue weighted by Crippen LogP contribution is 2.17. The summed E-state index contributed by atoms with van der Waals surface area (Å²) in [5, 5.41) is 2.75. The van der Waals surface area contributed by atoms with Gasteiger partial charge in [-0.3, -0.25) is 0 Å². The highest BCUT2D eigenvalue weighted by molar-refractivity contribution is 5.67. The summed E-state index contributed by atoms with van der Waals surface area (Å²) in [6.45, 7) is 12.4. The summed E-state index contributed by atoms with van der Waals surface area (Å²) in [7, 11) is 0. The van der Waals surface area contributed by atoms with Gasteiger partial charge in [0.25, 0.3) is 0 Å². The number of ether oxygens (including phenoxy) is 1. The molecular weight excluding hydrogens is 266 g/mol. The van der Waals surface area contributed by atoms with E-state index in [9.17, 15) is 4.79 Å². The second-order valence-electron chi connectivity index (χ2n) is 7.15. The van der Waals surface area contributed by atoms with E-state index in [0.29, 0.717) is 6.54 Å². The standard InChI is InChI=1S/C16H27N3O2/c1-15(2,3)13-17-11-9-12(19-13)8-7-10-18-14(20)21-16(4,5)6/h9,11H,7-8,10H2,1-6H3,(H,18,20). The molecule has 0 radical (unpaired) electrons. The number of alkyl carbamates (subject to hydrolysis) is 1. The van der Waals surface area contributed by atoms with E-state index in [1.807, 2.05) is 26.8 Å². The Morgan fingerprint density at radius 1 is 1.24 bits per heavy atom. The largest absolute Gasteiger partial charge is 0.444 e. The molecule has 0 unspecified atom stereocenters. The molecule has 0 fully saturated rings. The second-order valence-corrected chi connectivity index (χ2v) is 7.15. The number of aromatic nitrogens is 2. The lowest BCUT2D eigenvalue weighted by molar-refractivity contribution is 0.0527. The zero-order valence-electron chi connectivity index (χ0n) is 14.0. The van der Waals surface area contributed by atoms with E-state index in [1.165, 1.54) is 0 Å². The predicted octanol–water partition coefficient (Wildman–Crippen LogP) is 3.23. The molecule has 118 valence electrons. The monoisotopic (exact) mass is 293 g/mol. The van der Waals surface area contributed by atoms with Crippen molar-refractivity contribution in [1.29, 1.82) is 0 Å². The smallest absolute Gasteiger partial charge is 0.407 e. The lowest BCUT2D eigenvalue weighted by Crippen LogP contribution is -2.33. The summed E-state index contributed by atoms with van der Waals surface area (Å²) >= 11 is 0. The normalized spacial score (nSPS) is 12.1. The molecule has 1 rings (SSSR count). The Morgan fingerprint density at radius 2 is 1.90 bits per heavy atom. The Labute approximate surface area is 127 Å². The molecule has 5 nitrogen and oxygen atoms in total. The second kappa shape index (κ2) is 6.87. The maximum absolute atomic E-state index is 11.5. The summed E-state index contributed by atoms with van der Waals surface area (Å²) in [4.78, 5) is 20.4. The van der Waals surface area contributed by atoms with Crippen molar-refractivity contribution < 1.29 is 9.53 Å². The highest BCUT2D eigenvalue weighted by Gasteiger charge is 2.17. The van der Waals surface area contributed by atoms with Gasteiger partial charge in [0.1, 0.15) is 11.4 Å². The molecule has 0 bridgehead atoms. The minimum Gasteiger partial charge on any atom is -0.444 e. The Kier molecular flexibility index (Phi) is 5.70. The van der Waals surface area contributed by atoms with Gasteiger partial charge in [0, 0.05) is 23.9 Å². The van der Waals surface area contributed by atoms with Crippen molar-refractivity contribution in [1.82, 2.24) is 15.3 Å². The molecule has 21 heavy (non-hydrogen) atoms. The molecule has 0 atom stereocenters. The summed E-state index contributed by atoms with van der Waals surface area (Å²) in [5.41, 5.74) is 0.490. The van der Waals surface area contributed by atoms with Crippen LogP contribution in [0.4, 0.5) is 4.79 Å². The first-order valence-electron chi connectivity index (χ1n) is 7.37. The van der Waals surface area contributed by atoms with Crippen LogP contribution in [0.1, 0.15) is 59.5 Å². The van der Waals surface area contributed by atoms with E-state index in [4.69, 9.17) is 4.74 Å². The third-order valence-corrected chi connectivity index (χ3v) is 2.66. The fourth-order valence-electron chi connectivity index (χ4n) is 1.67. The van der Waals surface area contributed by atoms with Gasteiger partial charge >= 0.3 is 6.09 Å². The molecule has 0 aliphatic heterocycles. The van der Waals surface area contributed by atoms with Crippen molar-refractivity contribution in [2.75, 3.05) is 6.54 Å². The zero-order chi connectivity index (χ0) is 16.1. The number of aryl methyl sites for hydroxylation is 1. The third-order valence-electron chi connectivity index (χ3n) is 2.66. The minimum absolute atomic E-state index is 0.0508. The highest BCUT2D eigenvalue weighted by atomic mass is 16.6. The van der Waals surface area contributed by atoms with E-state index in [2.05, 4.69) is 36.1 Å². The van der Waals surface area contributed by atoms with Crippen LogP contribution in [0, 0.1) is 0 Å². The number of hydrogen-bond donors (Lipinski definition) is 1. The van der Waals surface area contributed by atoms with Gasteiger partial charge < -0.3 is 10.1 Å². The van der Waals surface area contributed by atoms with Gasteiger partial charge in [-0.2, -0.15) is 0 Å². The molecule has 5 heteroatoms. The van der Waals surface area contributed by atoms with Gasteiger partial charge in [-0.15, -0.1) is 0 Å². The van der Waals surface area contributed by atoms with Gasteiger partial charge in [-0.05, 0) is 39.7 Å². The molecule has 0 saturated heterocycles. The fraction of sp³-hybridized carbons (Fsp3) is 0.688. The topological polar surface area (TPSA) is 64.1 Å². The Bertz CT molecular complexity index is 473. The molecule has 1 heterocycles. The number of nitrogens with one attached hydrogen (secondary N) is 1. The first kappa shape index (κ1) is 17.4. The number of hydrogen-bond acceptors (Lipinski definition) is 4. The van der Waals surface area contributed by atoms with Crippen LogP contribution >= 0.6 is 0 Å². The molecule has 1 aromatic rings. The Hall–Kier alpha value is -1.65. The van der Waals surface area contributed by atoms with E-state index in [1.54, 1.807) is 6.20 Å². The molecule has 0 aromatic carbocycles. The number of amides is 1.